The van der Waals surface area contributed by atoms with Crippen LogP contribution in [0.1, 0.15) is 32.1 Å². The Balaban J connectivity index is 1.41. The first-order valence-electron chi connectivity index (χ1n) is 7.37. The third kappa shape index (κ3) is 1.55. The van der Waals surface area contributed by atoms with Gasteiger partial charge in [0.05, 0.1) is 0 Å². The van der Waals surface area contributed by atoms with Crippen LogP contribution in [0.2, 0.25) is 0 Å². The summed E-state index contributed by atoms with van der Waals surface area (Å²) in [5.74, 6) is 3.22. The first-order chi connectivity index (χ1) is 8.34. The molecule has 1 amide bonds. The molecule has 0 radical (unpaired) electrons. The third-order valence-electron chi connectivity index (χ3n) is 5.60. The molecule has 2 aliphatic carbocycles. The average Bonchev–Trinajstić information content (AvgIpc) is 2.77. The molecule has 4 aliphatic rings. The minimum atomic E-state index is 0.434. The molecule has 0 aromatic heterocycles. The molecular formula is C14H22N2O. The Hall–Kier alpha value is -0.570. The quantitative estimate of drug-likeness (QED) is 0.740. The predicted molar refractivity (Wildman–Crippen MR) is 65.4 cm³/mol. The van der Waals surface area contributed by atoms with Crippen molar-refractivity contribution in [3.05, 3.63) is 0 Å². The lowest BCUT2D eigenvalue weighted by molar-refractivity contribution is -0.132. The van der Waals surface area contributed by atoms with Gasteiger partial charge >= 0.3 is 0 Å². The molecule has 2 unspecified atom stereocenters. The number of carbonyl (C=O) groups is 1. The maximum absolute atomic E-state index is 12.5. The number of rotatable bonds is 1. The summed E-state index contributed by atoms with van der Waals surface area (Å²) in [5.41, 5.74) is 0. The van der Waals surface area contributed by atoms with Gasteiger partial charge in [-0.25, -0.2) is 0 Å². The molecular weight excluding hydrogens is 212 g/mol. The van der Waals surface area contributed by atoms with Crippen LogP contribution in [-0.2, 0) is 4.79 Å². The van der Waals surface area contributed by atoms with Crippen LogP contribution in [0.3, 0.4) is 0 Å². The van der Waals surface area contributed by atoms with E-state index in [2.05, 4.69) is 10.2 Å². The van der Waals surface area contributed by atoms with E-state index < -0.39 is 0 Å². The smallest absolute Gasteiger partial charge is 0.226 e. The molecule has 0 bridgehead atoms. The zero-order valence-electron chi connectivity index (χ0n) is 10.4. The van der Waals surface area contributed by atoms with Gasteiger partial charge in [-0.3, -0.25) is 4.79 Å². The minimum absolute atomic E-state index is 0.434. The average molecular weight is 234 g/mol. The zero-order valence-corrected chi connectivity index (χ0v) is 10.4. The summed E-state index contributed by atoms with van der Waals surface area (Å²) in [6.07, 6.45) is 6.61. The van der Waals surface area contributed by atoms with Crippen LogP contribution in [0.5, 0.6) is 0 Å². The summed E-state index contributed by atoms with van der Waals surface area (Å²) in [4.78, 5) is 14.6. The Labute approximate surface area is 103 Å². The highest BCUT2D eigenvalue weighted by Crippen LogP contribution is 2.58. The fourth-order valence-corrected chi connectivity index (χ4v) is 4.63. The fraction of sp³-hybridized carbons (Fsp3) is 0.929. The van der Waals surface area contributed by atoms with Crippen molar-refractivity contribution >= 4 is 5.91 Å². The van der Waals surface area contributed by atoms with Crippen LogP contribution in [-0.4, -0.2) is 36.5 Å². The molecule has 3 heteroatoms. The maximum Gasteiger partial charge on any atom is 0.226 e. The zero-order chi connectivity index (χ0) is 11.4. The molecule has 94 valence electrons. The lowest BCUT2D eigenvalue weighted by atomic mass is 9.94. The van der Waals surface area contributed by atoms with E-state index >= 15 is 0 Å². The van der Waals surface area contributed by atoms with Crippen molar-refractivity contribution in [2.45, 2.75) is 38.1 Å². The Morgan fingerprint density at radius 2 is 1.88 bits per heavy atom. The summed E-state index contributed by atoms with van der Waals surface area (Å²) >= 11 is 0. The van der Waals surface area contributed by atoms with E-state index in [1.165, 1.54) is 32.1 Å². The molecule has 0 aromatic rings. The SMILES string of the molecule is O=C(C1C2CCCC21)N1C[C@@H]2CCCN[C@@H]2C1. The lowest BCUT2D eigenvalue weighted by Gasteiger charge is -2.24. The van der Waals surface area contributed by atoms with Crippen molar-refractivity contribution in [1.29, 1.82) is 0 Å². The maximum atomic E-state index is 12.5. The number of nitrogens with zero attached hydrogens (tertiary/aromatic N) is 1. The molecule has 17 heavy (non-hydrogen) atoms. The van der Waals surface area contributed by atoms with Crippen molar-refractivity contribution in [2.24, 2.45) is 23.7 Å². The van der Waals surface area contributed by atoms with Gasteiger partial charge in [-0.2, -0.15) is 0 Å². The first-order valence-corrected chi connectivity index (χ1v) is 7.37. The molecule has 2 aliphatic heterocycles. The molecule has 1 N–H and O–H groups in total. The number of nitrogens with one attached hydrogen (secondary N) is 1. The van der Waals surface area contributed by atoms with E-state index in [0.717, 1.165) is 37.4 Å². The molecule has 0 aromatic carbocycles. The lowest BCUT2D eigenvalue weighted by Crippen LogP contribution is -2.41. The van der Waals surface area contributed by atoms with Crippen LogP contribution in [0.15, 0.2) is 0 Å². The van der Waals surface area contributed by atoms with E-state index in [0.29, 0.717) is 17.9 Å². The largest absolute Gasteiger partial charge is 0.341 e. The van der Waals surface area contributed by atoms with Crippen LogP contribution in [0, 0.1) is 23.7 Å². The number of likely N-dealkylation sites (tertiary alicyclic amines) is 1. The molecule has 2 saturated heterocycles. The Morgan fingerprint density at radius 1 is 1.06 bits per heavy atom. The second kappa shape index (κ2) is 3.71. The van der Waals surface area contributed by atoms with E-state index in [1.807, 2.05) is 0 Å². The minimum Gasteiger partial charge on any atom is -0.341 e. The van der Waals surface area contributed by atoms with Crippen LogP contribution < -0.4 is 5.32 Å². The number of carbonyl (C=O) groups excluding carboxylic acids is 1. The highest BCUT2D eigenvalue weighted by atomic mass is 16.2. The molecule has 4 atom stereocenters. The van der Waals surface area contributed by atoms with Crippen molar-refractivity contribution in [3.8, 4) is 0 Å². The Bertz CT molecular complexity index is 319. The van der Waals surface area contributed by atoms with Gasteiger partial charge in [0.15, 0.2) is 0 Å². The highest BCUT2D eigenvalue weighted by molar-refractivity contribution is 5.83. The summed E-state index contributed by atoms with van der Waals surface area (Å²) in [6, 6.07) is 0.603. The van der Waals surface area contributed by atoms with Gasteiger partial charge in [0, 0.05) is 25.0 Å². The van der Waals surface area contributed by atoms with Gasteiger partial charge in [0.2, 0.25) is 5.91 Å². The predicted octanol–water partition coefficient (Wildman–Crippen LogP) is 1.24. The molecule has 2 saturated carbocycles. The molecule has 4 fully saturated rings. The Morgan fingerprint density at radius 3 is 2.65 bits per heavy atom. The normalized spacial score (nSPS) is 47.8. The van der Waals surface area contributed by atoms with E-state index in [4.69, 9.17) is 0 Å². The van der Waals surface area contributed by atoms with Gasteiger partial charge in [0.25, 0.3) is 0 Å². The molecule has 0 spiro atoms. The number of piperidine rings is 1. The summed E-state index contributed by atoms with van der Waals surface area (Å²) in [7, 11) is 0. The van der Waals surface area contributed by atoms with Gasteiger partial charge in [-0.15, -0.1) is 0 Å². The van der Waals surface area contributed by atoms with Crippen molar-refractivity contribution < 1.29 is 4.79 Å². The number of hydrogen-bond acceptors (Lipinski definition) is 2. The second-order valence-corrected chi connectivity index (χ2v) is 6.49. The van der Waals surface area contributed by atoms with Crippen LogP contribution >= 0.6 is 0 Å². The molecule has 4 rings (SSSR count). The summed E-state index contributed by atoms with van der Waals surface area (Å²) < 4.78 is 0. The van der Waals surface area contributed by atoms with Crippen LogP contribution in [0.25, 0.3) is 0 Å². The Kier molecular flexibility index (Phi) is 2.26. The standard InChI is InChI=1S/C14H22N2O/c17-14(13-10-4-1-5-11(10)13)16-7-9-3-2-6-15-12(9)8-16/h9-13,15H,1-8H2/t9-,10?,11?,12+,13?/m0/s1. The summed E-state index contributed by atoms with van der Waals surface area (Å²) in [5, 5.41) is 3.58. The van der Waals surface area contributed by atoms with Gasteiger partial charge < -0.3 is 10.2 Å². The second-order valence-electron chi connectivity index (χ2n) is 6.49. The highest BCUT2D eigenvalue weighted by Gasteiger charge is 2.58. The number of hydrogen-bond donors (Lipinski definition) is 1. The van der Waals surface area contributed by atoms with Crippen LogP contribution in [0.4, 0.5) is 0 Å². The van der Waals surface area contributed by atoms with E-state index in [1.54, 1.807) is 0 Å². The summed E-state index contributed by atoms with van der Waals surface area (Å²) in [6.45, 7) is 3.17. The number of amides is 1. The van der Waals surface area contributed by atoms with Crippen molar-refractivity contribution in [3.63, 3.8) is 0 Å². The fourth-order valence-electron chi connectivity index (χ4n) is 4.63. The molecule has 2 heterocycles. The van der Waals surface area contributed by atoms with Gasteiger partial charge in [-0.1, -0.05) is 6.42 Å². The monoisotopic (exact) mass is 234 g/mol. The molecule has 3 nitrogen and oxygen atoms in total. The number of fused-ring (bicyclic) bond motifs is 2. The van der Waals surface area contributed by atoms with Crippen molar-refractivity contribution in [1.82, 2.24) is 10.2 Å². The third-order valence-corrected chi connectivity index (χ3v) is 5.60. The van der Waals surface area contributed by atoms with Gasteiger partial charge in [0.1, 0.15) is 0 Å². The van der Waals surface area contributed by atoms with E-state index in [-0.39, 0.29) is 0 Å². The van der Waals surface area contributed by atoms with Gasteiger partial charge in [-0.05, 0) is 50.0 Å². The van der Waals surface area contributed by atoms with Crippen molar-refractivity contribution in [2.75, 3.05) is 19.6 Å². The van der Waals surface area contributed by atoms with E-state index in [9.17, 15) is 4.79 Å². The topological polar surface area (TPSA) is 32.3 Å². The first kappa shape index (κ1) is 10.4.